The van der Waals surface area contributed by atoms with Gasteiger partial charge in [-0.2, -0.15) is 0 Å². The molecule has 2 heterocycles. The first-order valence-corrected chi connectivity index (χ1v) is 7.74. The van der Waals surface area contributed by atoms with Gasteiger partial charge < -0.3 is 0 Å². The van der Waals surface area contributed by atoms with Crippen molar-refractivity contribution in [1.29, 1.82) is 0 Å². The zero-order valence-electron chi connectivity index (χ0n) is 12.1. The van der Waals surface area contributed by atoms with E-state index in [0.717, 1.165) is 33.7 Å². The highest BCUT2D eigenvalue weighted by atomic mass is 32.1. The standard InChI is InChI=1S/C16H18N4S/c1-10-16(21-11(2)18-10)15(20-17)9-13-8-7-12-5-3-4-6-14(12)19-13/h3-8,15,20H,9,17H2,1-2H3. The molecular formula is C16H18N4S. The molecule has 0 saturated carbocycles. The molecule has 3 aromatic rings. The fraction of sp³-hybridized carbons (Fsp3) is 0.250. The first-order valence-electron chi connectivity index (χ1n) is 6.92. The Balaban J connectivity index is 1.90. The van der Waals surface area contributed by atoms with Crippen LogP contribution in [-0.2, 0) is 6.42 Å². The third-order valence-electron chi connectivity index (χ3n) is 3.53. The summed E-state index contributed by atoms with van der Waals surface area (Å²) in [7, 11) is 0. The molecule has 0 spiro atoms. The number of hydrazine groups is 1. The van der Waals surface area contributed by atoms with E-state index in [9.17, 15) is 0 Å². The van der Waals surface area contributed by atoms with Gasteiger partial charge in [-0.05, 0) is 26.0 Å². The van der Waals surface area contributed by atoms with Gasteiger partial charge in [0.25, 0.3) is 0 Å². The molecule has 0 aliphatic rings. The van der Waals surface area contributed by atoms with Gasteiger partial charge >= 0.3 is 0 Å². The number of nitrogens with one attached hydrogen (secondary N) is 1. The average Bonchev–Trinajstić information content (AvgIpc) is 2.83. The lowest BCUT2D eigenvalue weighted by atomic mass is 10.1. The maximum absolute atomic E-state index is 5.74. The normalized spacial score (nSPS) is 12.7. The molecule has 2 aromatic heterocycles. The molecule has 0 fully saturated rings. The van der Waals surface area contributed by atoms with Crippen molar-refractivity contribution in [1.82, 2.24) is 15.4 Å². The van der Waals surface area contributed by atoms with Crippen molar-refractivity contribution in [3.8, 4) is 0 Å². The number of para-hydroxylation sites is 1. The van der Waals surface area contributed by atoms with E-state index in [1.807, 2.05) is 32.0 Å². The van der Waals surface area contributed by atoms with Crippen molar-refractivity contribution in [2.45, 2.75) is 26.3 Å². The number of hydrogen-bond donors (Lipinski definition) is 2. The van der Waals surface area contributed by atoms with E-state index < -0.39 is 0 Å². The van der Waals surface area contributed by atoms with E-state index in [-0.39, 0.29) is 6.04 Å². The highest BCUT2D eigenvalue weighted by Crippen LogP contribution is 2.27. The average molecular weight is 298 g/mol. The van der Waals surface area contributed by atoms with Crippen LogP contribution < -0.4 is 11.3 Å². The van der Waals surface area contributed by atoms with Crippen LogP contribution in [0.25, 0.3) is 10.9 Å². The fourth-order valence-electron chi connectivity index (χ4n) is 2.53. The quantitative estimate of drug-likeness (QED) is 0.574. The molecule has 0 saturated heterocycles. The number of benzene rings is 1. The number of pyridine rings is 1. The molecule has 3 N–H and O–H groups in total. The molecule has 1 atom stereocenters. The summed E-state index contributed by atoms with van der Waals surface area (Å²) < 4.78 is 0. The zero-order chi connectivity index (χ0) is 14.8. The Labute approximate surface area is 128 Å². The molecule has 1 aromatic carbocycles. The van der Waals surface area contributed by atoms with Gasteiger partial charge in [-0.1, -0.05) is 24.3 Å². The highest BCUT2D eigenvalue weighted by Gasteiger charge is 2.17. The topological polar surface area (TPSA) is 63.8 Å². The van der Waals surface area contributed by atoms with Crippen molar-refractivity contribution in [3.05, 3.63) is 57.7 Å². The van der Waals surface area contributed by atoms with E-state index in [4.69, 9.17) is 10.8 Å². The number of nitrogens with zero attached hydrogens (tertiary/aromatic N) is 2. The molecular weight excluding hydrogens is 280 g/mol. The SMILES string of the molecule is Cc1nc(C)c(C(Cc2ccc3ccccc3n2)NN)s1. The number of aryl methyl sites for hydroxylation is 2. The molecule has 0 aliphatic carbocycles. The number of fused-ring (bicyclic) bond motifs is 1. The van der Waals surface area contributed by atoms with Crippen molar-refractivity contribution < 1.29 is 0 Å². The molecule has 4 nitrogen and oxygen atoms in total. The Kier molecular flexibility index (Phi) is 3.96. The first kappa shape index (κ1) is 14.1. The van der Waals surface area contributed by atoms with E-state index in [2.05, 4.69) is 28.6 Å². The van der Waals surface area contributed by atoms with Crippen molar-refractivity contribution in [2.75, 3.05) is 0 Å². The molecule has 0 aliphatic heterocycles. The Bertz CT molecular complexity index is 766. The molecule has 21 heavy (non-hydrogen) atoms. The molecule has 5 heteroatoms. The second-order valence-electron chi connectivity index (χ2n) is 5.10. The minimum Gasteiger partial charge on any atom is -0.271 e. The van der Waals surface area contributed by atoms with E-state index in [0.29, 0.717) is 0 Å². The molecule has 0 radical (unpaired) electrons. The minimum atomic E-state index is 0.0462. The van der Waals surface area contributed by atoms with Crippen molar-refractivity contribution in [3.63, 3.8) is 0 Å². The van der Waals surface area contributed by atoms with E-state index >= 15 is 0 Å². The third-order valence-corrected chi connectivity index (χ3v) is 4.71. The number of hydrogen-bond acceptors (Lipinski definition) is 5. The number of nitrogens with two attached hydrogens (primary N) is 1. The summed E-state index contributed by atoms with van der Waals surface area (Å²) in [6.45, 7) is 4.04. The Hall–Kier alpha value is -1.82. The van der Waals surface area contributed by atoms with Gasteiger partial charge in [-0.3, -0.25) is 16.3 Å². The molecule has 0 bridgehead atoms. The van der Waals surface area contributed by atoms with Crippen LogP contribution in [0.4, 0.5) is 0 Å². The predicted molar refractivity (Wildman–Crippen MR) is 87.1 cm³/mol. The van der Waals surface area contributed by atoms with Gasteiger partial charge in [0.1, 0.15) is 0 Å². The molecule has 3 rings (SSSR count). The Morgan fingerprint density at radius 2 is 1.95 bits per heavy atom. The lowest BCUT2D eigenvalue weighted by Crippen LogP contribution is -2.29. The highest BCUT2D eigenvalue weighted by molar-refractivity contribution is 7.11. The van der Waals surface area contributed by atoms with Crippen molar-refractivity contribution >= 4 is 22.2 Å². The van der Waals surface area contributed by atoms with Crippen LogP contribution in [-0.4, -0.2) is 9.97 Å². The summed E-state index contributed by atoms with van der Waals surface area (Å²) >= 11 is 1.69. The first-order chi connectivity index (χ1) is 10.2. The summed E-state index contributed by atoms with van der Waals surface area (Å²) in [6.07, 6.45) is 0.754. The van der Waals surface area contributed by atoms with Gasteiger partial charge in [0.05, 0.1) is 22.3 Å². The van der Waals surface area contributed by atoms with Gasteiger partial charge in [-0.15, -0.1) is 11.3 Å². The minimum absolute atomic E-state index is 0.0462. The van der Waals surface area contributed by atoms with Crippen LogP contribution in [0.15, 0.2) is 36.4 Å². The van der Waals surface area contributed by atoms with Crippen LogP contribution in [0.1, 0.15) is 27.3 Å². The zero-order valence-corrected chi connectivity index (χ0v) is 12.9. The Morgan fingerprint density at radius 1 is 1.14 bits per heavy atom. The van der Waals surface area contributed by atoms with E-state index in [1.165, 1.54) is 4.88 Å². The largest absolute Gasteiger partial charge is 0.271 e. The third kappa shape index (κ3) is 2.95. The lowest BCUT2D eigenvalue weighted by Gasteiger charge is -2.14. The summed E-state index contributed by atoms with van der Waals surface area (Å²) in [5.74, 6) is 5.74. The van der Waals surface area contributed by atoms with Gasteiger partial charge in [0.15, 0.2) is 0 Å². The maximum Gasteiger partial charge on any atom is 0.0900 e. The molecule has 108 valence electrons. The number of aromatic nitrogens is 2. The van der Waals surface area contributed by atoms with Gasteiger partial charge in [0.2, 0.25) is 0 Å². The van der Waals surface area contributed by atoms with Crippen LogP contribution in [0, 0.1) is 13.8 Å². The fourth-order valence-corrected chi connectivity index (χ4v) is 3.52. The number of rotatable bonds is 4. The summed E-state index contributed by atoms with van der Waals surface area (Å²) in [6, 6.07) is 12.4. The maximum atomic E-state index is 5.74. The Morgan fingerprint density at radius 3 is 2.67 bits per heavy atom. The number of thiazole rings is 1. The second kappa shape index (κ2) is 5.89. The summed E-state index contributed by atoms with van der Waals surface area (Å²) in [5, 5.41) is 2.22. The second-order valence-corrected chi connectivity index (χ2v) is 6.34. The lowest BCUT2D eigenvalue weighted by molar-refractivity contribution is 0.552. The van der Waals surface area contributed by atoms with Crippen LogP contribution >= 0.6 is 11.3 Å². The van der Waals surface area contributed by atoms with Crippen LogP contribution in [0.5, 0.6) is 0 Å². The summed E-state index contributed by atoms with van der Waals surface area (Å²) in [4.78, 5) is 10.4. The molecule has 1 unspecified atom stereocenters. The smallest absolute Gasteiger partial charge is 0.0900 e. The van der Waals surface area contributed by atoms with E-state index in [1.54, 1.807) is 11.3 Å². The predicted octanol–water partition coefficient (Wildman–Crippen LogP) is 3.06. The molecule has 0 amide bonds. The van der Waals surface area contributed by atoms with Gasteiger partial charge in [0, 0.05) is 22.4 Å². The summed E-state index contributed by atoms with van der Waals surface area (Å²) in [5.41, 5.74) is 5.99. The van der Waals surface area contributed by atoms with Gasteiger partial charge in [-0.25, -0.2) is 4.98 Å². The van der Waals surface area contributed by atoms with Crippen molar-refractivity contribution in [2.24, 2.45) is 5.84 Å². The van der Waals surface area contributed by atoms with Crippen LogP contribution in [0.2, 0.25) is 0 Å². The van der Waals surface area contributed by atoms with Crippen LogP contribution in [0.3, 0.4) is 0 Å². The monoisotopic (exact) mass is 298 g/mol.